The van der Waals surface area contributed by atoms with Crippen molar-refractivity contribution in [2.45, 2.75) is 78.5 Å². The molecule has 214 valence electrons. The summed E-state index contributed by atoms with van der Waals surface area (Å²) in [7, 11) is 1.37. The molecule has 2 aromatic carbocycles. The molecule has 1 aliphatic heterocycles. The summed E-state index contributed by atoms with van der Waals surface area (Å²) < 4.78 is 51.3. The van der Waals surface area contributed by atoms with Crippen LogP contribution >= 0.6 is 0 Å². The number of nitrogens with one attached hydrogen (secondary N) is 1. The van der Waals surface area contributed by atoms with Crippen molar-refractivity contribution in [3.63, 3.8) is 0 Å². The Morgan fingerprint density at radius 1 is 1.10 bits per heavy atom. The summed E-state index contributed by atoms with van der Waals surface area (Å²) in [5, 5.41) is 13.8. The van der Waals surface area contributed by atoms with Crippen LogP contribution < -0.4 is 10.1 Å². The summed E-state index contributed by atoms with van der Waals surface area (Å²) in [6.45, 7) is 10.9. The van der Waals surface area contributed by atoms with Gasteiger partial charge in [-0.3, -0.25) is 4.90 Å². The number of benzene rings is 2. The van der Waals surface area contributed by atoms with Gasteiger partial charge in [-0.1, -0.05) is 45.0 Å². The highest BCUT2D eigenvalue weighted by atomic mass is 19.4. The summed E-state index contributed by atoms with van der Waals surface area (Å²) in [5.74, 6) is -1.55. The van der Waals surface area contributed by atoms with Crippen molar-refractivity contribution in [1.29, 1.82) is 0 Å². The smallest absolute Gasteiger partial charge is 0.416 e. The fourth-order valence-electron chi connectivity index (χ4n) is 5.51. The number of nitrogens with zero attached hydrogens (tertiary/aromatic N) is 1. The van der Waals surface area contributed by atoms with Crippen LogP contribution in [-0.4, -0.2) is 47.4 Å². The molecule has 1 aliphatic rings. The topological polar surface area (TPSA) is 88.1 Å². The van der Waals surface area contributed by atoms with Crippen molar-refractivity contribution in [2.75, 3.05) is 7.11 Å². The minimum absolute atomic E-state index is 0.0495. The Morgan fingerprint density at radius 3 is 2.26 bits per heavy atom. The van der Waals surface area contributed by atoms with Crippen LogP contribution in [0.3, 0.4) is 0 Å². The van der Waals surface area contributed by atoms with E-state index in [1.807, 2.05) is 45.9 Å². The van der Waals surface area contributed by atoms with E-state index >= 15 is 0 Å². The van der Waals surface area contributed by atoms with Crippen LogP contribution in [0.5, 0.6) is 5.75 Å². The molecule has 0 unspecified atom stereocenters. The van der Waals surface area contributed by atoms with E-state index in [0.29, 0.717) is 0 Å². The molecule has 4 atom stereocenters. The second-order valence-corrected chi connectivity index (χ2v) is 11.2. The zero-order chi connectivity index (χ0) is 29.3. The maximum atomic E-state index is 13.5. The lowest BCUT2D eigenvalue weighted by Gasteiger charge is -2.35. The van der Waals surface area contributed by atoms with Crippen LogP contribution in [0.15, 0.2) is 42.5 Å². The number of likely N-dealkylation sites (tertiary alicyclic amines) is 1. The standard InChI is InChI=1S/C29H37F3N2O5/c1-16(2)39-27(37)34-24(20-11-9-8-10-17(20)3)23(22(28(4,5)6)25(34)26(35)36)33-15-18-14-19(29(30,31)32)12-13-21(18)38-7/h8-14,16,22-25,33H,15H2,1-7H3,(H,35,36)/t22-,23-,24-,25-/m0/s1. The van der Waals surface area contributed by atoms with Gasteiger partial charge in [-0.15, -0.1) is 0 Å². The molecular weight excluding hydrogens is 513 g/mol. The fraction of sp³-hybridized carbons (Fsp3) is 0.517. The quantitative estimate of drug-likeness (QED) is 0.427. The number of aryl methyl sites for hydroxylation is 1. The van der Waals surface area contributed by atoms with Gasteiger partial charge in [0.05, 0.1) is 24.8 Å². The van der Waals surface area contributed by atoms with Gasteiger partial charge in [0.25, 0.3) is 0 Å². The Bertz CT molecular complexity index is 1190. The van der Waals surface area contributed by atoms with Crippen LogP contribution in [0.1, 0.15) is 62.9 Å². The van der Waals surface area contributed by atoms with Crippen molar-refractivity contribution in [2.24, 2.45) is 11.3 Å². The number of hydrogen-bond donors (Lipinski definition) is 2. The van der Waals surface area contributed by atoms with Gasteiger partial charge >= 0.3 is 18.2 Å². The maximum absolute atomic E-state index is 13.5. The Hall–Kier alpha value is -3.27. The minimum Gasteiger partial charge on any atom is -0.496 e. The molecule has 2 N–H and O–H groups in total. The highest BCUT2D eigenvalue weighted by molar-refractivity contribution is 5.82. The third kappa shape index (κ3) is 6.49. The summed E-state index contributed by atoms with van der Waals surface area (Å²) in [4.78, 5) is 27.5. The molecule has 3 rings (SSSR count). The van der Waals surface area contributed by atoms with Crippen LogP contribution in [0.25, 0.3) is 0 Å². The van der Waals surface area contributed by atoms with E-state index < -0.39 is 59.4 Å². The molecule has 1 heterocycles. The van der Waals surface area contributed by atoms with Gasteiger partial charge in [0.2, 0.25) is 0 Å². The minimum atomic E-state index is -4.54. The maximum Gasteiger partial charge on any atom is 0.416 e. The normalized spacial score (nSPS) is 21.8. The third-order valence-electron chi connectivity index (χ3n) is 7.11. The number of carbonyl (C=O) groups is 2. The monoisotopic (exact) mass is 550 g/mol. The summed E-state index contributed by atoms with van der Waals surface area (Å²) in [6, 6.07) is 7.93. The summed E-state index contributed by atoms with van der Waals surface area (Å²) in [6.07, 6.45) is -5.79. The van der Waals surface area contributed by atoms with Crippen LogP contribution in [-0.2, 0) is 22.3 Å². The Labute approximate surface area is 227 Å². The van der Waals surface area contributed by atoms with Crippen molar-refractivity contribution >= 4 is 12.1 Å². The molecule has 2 aromatic rings. The van der Waals surface area contributed by atoms with E-state index in [4.69, 9.17) is 9.47 Å². The number of halogens is 3. The molecule has 1 saturated heterocycles. The molecule has 0 spiro atoms. The molecular formula is C29H37F3N2O5. The SMILES string of the molecule is COc1ccc(C(F)(F)F)cc1CN[C@H]1[C@H](C(C)(C)C)[C@@H](C(=O)O)N(C(=O)OC(C)C)[C@H]1c1ccccc1C. The van der Waals surface area contributed by atoms with Crippen molar-refractivity contribution < 1.29 is 37.3 Å². The molecule has 0 saturated carbocycles. The highest BCUT2D eigenvalue weighted by Gasteiger charge is 2.58. The lowest BCUT2D eigenvalue weighted by molar-refractivity contribution is -0.145. The van der Waals surface area contributed by atoms with Crippen LogP contribution in [0.2, 0.25) is 0 Å². The Kier molecular flexibility index (Phi) is 8.89. The zero-order valence-electron chi connectivity index (χ0n) is 23.3. The molecule has 10 heteroatoms. The number of carbonyl (C=O) groups excluding carboxylic acids is 1. The van der Waals surface area contributed by atoms with E-state index in [-0.39, 0.29) is 17.9 Å². The average Bonchev–Trinajstić information content (AvgIpc) is 3.17. The zero-order valence-corrected chi connectivity index (χ0v) is 23.3. The first-order valence-corrected chi connectivity index (χ1v) is 12.8. The molecule has 0 aliphatic carbocycles. The molecule has 7 nitrogen and oxygen atoms in total. The third-order valence-corrected chi connectivity index (χ3v) is 7.11. The van der Waals surface area contributed by atoms with Crippen molar-refractivity contribution in [3.8, 4) is 5.75 Å². The van der Waals surface area contributed by atoms with Crippen molar-refractivity contribution in [1.82, 2.24) is 10.2 Å². The van der Waals surface area contributed by atoms with Crippen LogP contribution in [0.4, 0.5) is 18.0 Å². The van der Waals surface area contributed by atoms with E-state index in [1.165, 1.54) is 18.1 Å². The molecule has 0 bridgehead atoms. The molecule has 1 fully saturated rings. The second-order valence-electron chi connectivity index (χ2n) is 11.2. The number of carboxylic acid groups (broad SMARTS) is 1. The average molecular weight is 551 g/mol. The Balaban J connectivity index is 2.18. The lowest BCUT2D eigenvalue weighted by Crippen LogP contribution is -2.48. The van der Waals surface area contributed by atoms with Gasteiger partial charge in [-0.25, -0.2) is 9.59 Å². The highest BCUT2D eigenvalue weighted by Crippen LogP contribution is 2.49. The number of methoxy groups -OCH3 is 1. The lowest BCUT2D eigenvalue weighted by atomic mass is 9.72. The van der Waals surface area contributed by atoms with Gasteiger partial charge < -0.3 is 19.9 Å². The molecule has 39 heavy (non-hydrogen) atoms. The largest absolute Gasteiger partial charge is 0.496 e. The van der Waals surface area contributed by atoms with Gasteiger partial charge in [0.15, 0.2) is 0 Å². The number of rotatable bonds is 7. The van der Waals surface area contributed by atoms with E-state index in [2.05, 4.69) is 5.32 Å². The number of amides is 1. The summed E-state index contributed by atoms with van der Waals surface area (Å²) >= 11 is 0. The first kappa shape index (κ1) is 30.3. The van der Waals surface area contributed by atoms with Gasteiger partial charge in [-0.2, -0.15) is 13.2 Å². The molecule has 0 aromatic heterocycles. The number of hydrogen-bond acceptors (Lipinski definition) is 5. The molecule has 1 amide bonds. The van der Waals surface area contributed by atoms with Crippen LogP contribution in [0, 0.1) is 18.3 Å². The summed E-state index contributed by atoms with van der Waals surface area (Å²) in [5.41, 5.74) is 0.391. The van der Waals surface area contributed by atoms with E-state index in [0.717, 1.165) is 23.3 Å². The first-order chi connectivity index (χ1) is 18.1. The number of alkyl halides is 3. The first-order valence-electron chi connectivity index (χ1n) is 12.8. The van der Waals surface area contributed by atoms with Gasteiger partial charge in [-0.05, 0) is 55.5 Å². The Morgan fingerprint density at radius 2 is 1.74 bits per heavy atom. The van der Waals surface area contributed by atoms with Gasteiger partial charge in [0.1, 0.15) is 11.8 Å². The predicted molar refractivity (Wildman–Crippen MR) is 140 cm³/mol. The fourth-order valence-corrected chi connectivity index (χ4v) is 5.51. The second kappa shape index (κ2) is 11.5. The van der Waals surface area contributed by atoms with E-state index in [1.54, 1.807) is 19.9 Å². The van der Waals surface area contributed by atoms with Crippen molar-refractivity contribution in [3.05, 3.63) is 64.7 Å². The number of aliphatic carboxylic acids is 1. The van der Waals surface area contributed by atoms with E-state index in [9.17, 15) is 27.9 Å². The number of ether oxygens (including phenoxy) is 2. The predicted octanol–water partition coefficient (Wildman–Crippen LogP) is 6.20. The number of carboxylic acids is 1. The van der Waals surface area contributed by atoms with Gasteiger partial charge in [0, 0.05) is 24.1 Å². The molecule has 0 radical (unpaired) electrons.